The first-order valence-corrected chi connectivity index (χ1v) is 9.38. The molecule has 0 bridgehead atoms. The van der Waals surface area contributed by atoms with E-state index in [1.807, 2.05) is 0 Å². The summed E-state index contributed by atoms with van der Waals surface area (Å²) < 4.78 is 32.3. The summed E-state index contributed by atoms with van der Waals surface area (Å²) in [5, 5.41) is 0. The molecule has 2 aliphatic heterocycles. The lowest BCUT2D eigenvalue weighted by molar-refractivity contribution is -0.0239. The first-order chi connectivity index (χ1) is 14.2. The largest absolute Gasteiger partial charge is 0.455 e. The van der Waals surface area contributed by atoms with Gasteiger partial charge >= 0.3 is 11.9 Å². The molecule has 2 aromatic carbocycles. The van der Waals surface area contributed by atoms with E-state index in [-0.39, 0.29) is 13.6 Å². The van der Waals surface area contributed by atoms with Crippen LogP contribution in [0.1, 0.15) is 40.0 Å². The van der Waals surface area contributed by atoms with Crippen LogP contribution < -0.4 is 18.9 Å². The first-order valence-electron chi connectivity index (χ1n) is 9.38. The zero-order valence-corrected chi connectivity index (χ0v) is 15.4. The van der Waals surface area contributed by atoms with Crippen molar-refractivity contribution in [2.45, 2.75) is 31.5 Å². The highest BCUT2D eigenvalue weighted by Gasteiger charge is 2.34. The predicted octanol–water partition coefficient (Wildman–Crippen LogP) is 3.08. The molecule has 8 heteroatoms. The molecule has 0 spiro atoms. The van der Waals surface area contributed by atoms with Gasteiger partial charge in [0.15, 0.2) is 23.0 Å². The third-order valence-corrected chi connectivity index (χ3v) is 5.13. The monoisotopic (exact) mass is 398 g/mol. The number of esters is 2. The highest BCUT2D eigenvalue weighted by atomic mass is 16.7. The minimum Gasteiger partial charge on any atom is -0.455 e. The van der Waals surface area contributed by atoms with E-state index in [4.69, 9.17) is 28.4 Å². The highest BCUT2D eigenvalue weighted by Crippen LogP contribution is 2.35. The normalized spacial score (nSPS) is 21.1. The van der Waals surface area contributed by atoms with E-state index in [0.29, 0.717) is 47.0 Å². The Hall–Kier alpha value is -3.42. The van der Waals surface area contributed by atoms with Gasteiger partial charge in [-0.05, 0) is 55.7 Å². The molecule has 8 nitrogen and oxygen atoms in total. The Balaban J connectivity index is 1.24. The van der Waals surface area contributed by atoms with Crippen LogP contribution in [0, 0.1) is 0 Å². The molecule has 5 rings (SSSR count). The number of ether oxygens (including phenoxy) is 6. The van der Waals surface area contributed by atoms with Gasteiger partial charge in [0, 0.05) is 0 Å². The molecule has 2 atom stereocenters. The second-order valence-electron chi connectivity index (χ2n) is 6.95. The van der Waals surface area contributed by atoms with Crippen LogP contribution in [-0.4, -0.2) is 37.7 Å². The van der Waals surface area contributed by atoms with Crippen LogP contribution in [0.5, 0.6) is 23.0 Å². The van der Waals surface area contributed by atoms with Crippen LogP contribution in [0.4, 0.5) is 0 Å². The van der Waals surface area contributed by atoms with E-state index in [2.05, 4.69) is 0 Å². The fourth-order valence-electron chi connectivity index (χ4n) is 3.62. The van der Waals surface area contributed by atoms with Crippen LogP contribution >= 0.6 is 0 Å². The van der Waals surface area contributed by atoms with Gasteiger partial charge in [0.25, 0.3) is 0 Å². The van der Waals surface area contributed by atoms with Crippen molar-refractivity contribution >= 4 is 11.9 Å². The smallest absolute Gasteiger partial charge is 0.338 e. The van der Waals surface area contributed by atoms with Gasteiger partial charge in [0.2, 0.25) is 13.6 Å². The second-order valence-corrected chi connectivity index (χ2v) is 6.95. The molecule has 0 radical (unpaired) electrons. The maximum Gasteiger partial charge on any atom is 0.338 e. The molecule has 2 unspecified atom stereocenters. The Morgan fingerprint density at radius 3 is 1.62 bits per heavy atom. The first kappa shape index (κ1) is 17.7. The maximum atomic E-state index is 12.5. The van der Waals surface area contributed by atoms with Crippen molar-refractivity contribution in [3.8, 4) is 23.0 Å². The van der Waals surface area contributed by atoms with Crippen LogP contribution in [-0.2, 0) is 9.47 Å². The van der Waals surface area contributed by atoms with Crippen LogP contribution in [0.2, 0.25) is 0 Å². The van der Waals surface area contributed by atoms with E-state index >= 15 is 0 Å². The van der Waals surface area contributed by atoms with E-state index in [9.17, 15) is 9.59 Å². The zero-order chi connectivity index (χ0) is 19.8. The van der Waals surface area contributed by atoms with Crippen molar-refractivity contribution in [3.63, 3.8) is 0 Å². The standard InChI is InChI=1S/C21H18O8/c22-20(12-4-6-14-18(8-12)26-10-24-14)28-16-2-1-3-17(16)29-21(23)13-5-7-15-19(9-13)27-11-25-15/h4-9,16-17H,1-3,10-11H2. The molecule has 29 heavy (non-hydrogen) atoms. The molecule has 3 aliphatic rings. The number of fused-ring (bicyclic) bond motifs is 2. The average molecular weight is 398 g/mol. The van der Waals surface area contributed by atoms with Crippen molar-refractivity contribution in [1.82, 2.24) is 0 Å². The van der Waals surface area contributed by atoms with Crippen LogP contribution in [0.15, 0.2) is 36.4 Å². The summed E-state index contributed by atoms with van der Waals surface area (Å²) in [5.41, 5.74) is 0.726. The number of rotatable bonds is 4. The summed E-state index contributed by atoms with van der Waals surface area (Å²) in [7, 11) is 0. The number of benzene rings is 2. The summed E-state index contributed by atoms with van der Waals surface area (Å²) in [6, 6.07) is 9.77. The lowest BCUT2D eigenvalue weighted by atomic mass is 10.2. The molecule has 0 N–H and O–H groups in total. The van der Waals surface area contributed by atoms with Gasteiger partial charge in [-0.3, -0.25) is 0 Å². The fourth-order valence-corrected chi connectivity index (χ4v) is 3.62. The quantitative estimate of drug-likeness (QED) is 0.726. The lowest BCUT2D eigenvalue weighted by Gasteiger charge is -2.20. The third kappa shape index (κ3) is 3.41. The van der Waals surface area contributed by atoms with Gasteiger partial charge < -0.3 is 28.4 Å². The topological polar surface area (TPSA) is 89.5 Å². The number of carbonyl (C=O) groups is 2. The second kappa shape index (κ2) is 7.20. The molecule has 0 aromatic heterocycles. The maximum absolute atomic E-state index is 12.5. The predicted molar refractivity (Wildman–Crippen MR) is 97.4 cm³/mol. The molecular weight excluding hydrogens is 380 g/mol. The Morgan fingerprint density at radius 2 is 1.14 bits per heavy atom. The van der Waals surface area contributed by atoms with E-state index in [1.54, 1.807) is 36.4 Å². The van der Waals surface area contributed by atoms with Gasteiger partial charge in [0.1, 0.15) is 12.2 Å². The van der Waals surface area contributed by atoms with Crippen LogP contribution in [0.3, 0.4) is 0 Å². The van der Waals surface area contributed by atoms with Crippen molar-refractivity contribution < 1.29 is 38.0 Å². The Bertz CT molecular complexity index is 892. The number of carbonyl (C=O) groups excluding carboxylic acids is 2. The van der Waals surface area contributed by atoms with Crippen molar-refractivity contribution in [2.24, 2.45) is 0 Å². The molecule has 2 aromatic rings. The average Bonchev–Trinajstić information content (AvgIpc) is 3.47. The summed E-state index contributed by atoms with van der Waals surface area (Å²) in [6.07, 6.45) is 1.08. The molecule has 0 amide bonds. The van der Waals surface area contributed by atoms with Crippen molar-refractivity contribution in [2.75, 3.05) is 13.6 Å². The van der Waals surface area contributed by atoms with E-state index < -0.39 is 24.1 Å². The molecule has 0 saturated heterocycles. The number of hydrogen-bond donors (Lipinski definition) is 0. The SMILES string of the molecule is O=C(OC1CCCC1OC(=O)c1ccc2c(c1)OCO2)c1ccc2c(c1)OCO2. The molecule has 1 aliphatic carbocycles. The summed E-state index contributed by atoms with van der Waals surface area (Å²) >= 11 is 0. The van der Waals surface area contributed by atoms with Gasteiger partial charge in [-0.2, -0.15) is 0 Å². The Morgan fingerprint density at radius 1 is 0.690 bits per heavy atom. The Labute approximate surface area is 166 Å². The molecule has 1 saturated carbocycles. The van der Waals surface area contributed by atoms with E-state index in [1.165, 1.54) is 0 Å². The third-order valence-electron chi connectivity index (χ3n) is 5.13. The number of hydrogen-bond acceptors (Lipinski definition) is 8. The van der Waals surface area contributed by atoms with Gasteiger partial charge in [-0.15, -0.1) is 0 Å². The highest BCUT2D eigenvalue weighted by molar-refractivity contribution is 5.91. The summed E-state index contributed by atoms with van der Waals surface area (Å²) in [4.78, 5) is 25.1. The lowest BCUT2D eigenvalue weighted by Crippen LogP contribution is -2.30. The van der Waals surface area contributed by atoms with Crippen LogP contribution in [0.25, 0.3) is 0 Å². The minimum absolute atomic E-state index is 0.133. The van der Waals surface area contributed by atoms with E-state index in [0.717, 1.165) is 6.42 Å². The van der Waals surface area contributed by atoms with Crippen molar-refractivity contribution in [3.05, 3.63) is 47.5 Å². The molecular formula is C21H18O8. The molecule has 150 valence electrons. The molecule has 2 heterocycles. The van der Waals surface area contributed by atoms with Crippen molar-refractivity contribution in [1.29, 1.82) is 0 Å². The zero-order valence-electron chi connectivity index (χ0n) is 15.4. The fraction of sp³-hybridized carbons (Fsp3) is 0.333. The molecule has 1 fully saturated rings. The summed E-state index contributed by atoms with van der Waals surface area (Å²) in [5.74, 6) is 1.24. The van der Waals surface area contributed by atoms with Gasteiger partial charge in [-0.1, -0.05) is 0 Å². The Kier molecular flexibility index (Phi) is 4.38. The van der Waals surface area contributed by atoms with Gasteiger partial charge in [-0.25, -0.2) is 9.59 Å². The minimum atomic E-state index is -0.495. The van der Waals surface area contributed by atoms with Gasteiger partial charge in [0.05, 0.1) is 11.1 Å². The summed E-state index contributed by atoms with van der Waals surface area (Å²) in [6.45, 7) is 0.267.